The summed E-state index contributed by atoms with van der Waals surface area (Å²) in [6.07, 6.45) is 4.85. The molecular formula is C24H23FN4OS. The first-order chi connectivity index (χ1) is 15.1. The highest BCUT2D eigenvalue weighted by Crippen LogP contribution is 2.29. The fourth-order valence-corrected chi connectivity index (χ4v) is 4.65. The Balaban J connectivity index is 1.31. The largest absolute Gasteiger partial charge is 0.322 e. The Bertz CT molecular complexity index is 1230. The number of nitrogens with zero attached hydrogens (tertiary/aromatic N) is 3. The molecule has 5 rings (SSSR count). The van der Waals surface area contributed by atoms with E-state index in [0.717, 1.165) is 52.4 Å². The van der Waals surface area contributed by atoms with Gasteiger partial charge in [-0.25, -0.2) is 14.2 Å². The van der Waals surface area contributed by atoms with E-state index in [1.807, 2.05) is 42.3 Å². The molecule has 0 saturated heterocycles. The monoisotopic (exact) mass is 434 g/mol. The van der Waals surface area contributed by atoms with Crippen molar-refractivity contribution in [3.05, 3.63) is 77.2 Å². The van der Waals surface area contributed by atoms with E-state index in [-0.39, 0.29) is 11.8 Å². The molecule has 1 saturated carbocycles. The molecule has 2 aromatic heterocycles. The Hall–Kier alpha value is -3.19. The van der Waals surface area contributed by atoms with Gasteiger partial charge in [0.1, 0.15) is 5.82 Å². The Morgan fingerprint density at radius 3 is 2.74 bits per heavy atom. The molecule has 0 unspecified atom stereocenters. The van der Waals surface area contributed by atoms with Gasteiger partial charge in [-0.2, -0.15) is 0 Å². The number of carbonyl (C=O) groups is 1. The lowest BCUT2D eigenvalue weighted by Gasteiger charge is -2.23. The molecule has 0 spiro atoms. The number of thiazole rings is 1. The molecule has 0 atom stereocenters. The number of rotatable bonds is 6. The topological polar surface area (TPSA) is 49.6 Å². The number of halogens is 1. The summed E-state index contributed by atoms with van der Waals surface area (Å²) >= 11 is 1.58. The van der Waals surface area contributed by atoms with E-state index in [1.165, 1.54) is 12.1 Å². The molecule has 7 heteroatoms. The number of hydrogen-bond donors (Lipinski definition) is 1. The number of fused-ring (bicyclic) bond motifs is 1. The van der Waals surface area contributed by atoms with Gasteiger partial charge in [-0.3, -0.25) is 4.40 Å². The van der Waals surface area contributed by atoms with Gasteiger partial charge in [0.05, 0.1) is 5.69 Å². The summed E-state index contributed by atoms with van der Waals surface area (Å²) in [5.74, 6) is -0.255. The second-order valence-corrected chi connectivity index (χ2v) is 8.77. The molecule has 4 aromatic rings. The fraction of sp³-hybridized carbons (Fsp3) is 0.250. The minimum absolute atomic E-state index is 0.0408. The Morgan fingerprint density at radius 1 is 1.23 bits per heavy atom. The first-order valence-electron chi connectivity index (χ1n) is 10.4. The quantitative estimate of drug-likeness (QED) is 0.420. The molecule has 0 radical (unpaired) electrons. The van der Waals surface area contributed by atoms with Crippen molar-refractivity contribution in [2.24, 2.45) is 0 Å². The number of aromatic nitrogens is 2. The number of para-hydroxylation sites is 1. The molecule has 2 amide bonds. The molecule has 5 nitrogen and oxygen atoms in total. The summed E-state index contributed by atoms with van der Waals surface area (Å²) in [6.45, 7) is 2.65. The van der Waals surface area contributed by atoms with Crippen LogP contribution in [-0.4, -0.2) is 32.9 Å². The molecule has 2 heterocycles. The van der Waals surface area contributed by atoms with E-state index in [0.29, 0.717) is 12.6 Å². The maximum Gasteiger partial charge on any atom is 0.322 e. The number of imidazole rings is 1. The van der Waals surface area contributed by atoms with Gasteiger partial charge >= 0.3 is 6.03 Å². The van der Waals surface area contributed by atoms with Crippen LogP contribution in [0.3, 0.4) is 0 Å². The third kappa shape index (κ3) is 4.18. The van der Waals surface area contributed by atoms with E-state index < -0.39 is 0 Å². The van der Waals surface area contributed by atoms with Crippen LogP contribution in [0.25, 0.3) is 16.2 Å². The van der Waals surface area contributed by atoms with Crippen molar-refractivity contribution in [3.8, 4) is 11.3 Å². The minimum atomic E-state index is -0.255. The van der Waals surface area contributed by atoms with E-state index in [9.17, 15) is 9.18 Å². The molecule has 158 valence electrons. The third-order valence-electron chi connectivity index (χ3n) is 5.67. The number of benzene rings is 2. The average molecular weight is 435 g/mol. The molecule has 2 aromatic carbocycles. The highest BCUT2D eigenvalue weighted by molar-refractivity contribution is 7.15. The number of nitrogens with one attached hydrogen (secondary N) is 1. The van der Waals surface area contributed by atoms with Gasteiger partial charge in [0.15, 0.2) is 4.96 Å². The molecular weight excluding hydrogens is 411 g/mol. The SMILES string of the molecule is Cc1ccccc1NC(=O)N(CCc1csc2nc(-c3ccc(F)cc3)cn12)C1CC1. The van der Waals surface area contributed by atoms with Crippen LogP contribution in [0.2, 0.25) is 0 Å². The third-order valence-corrected chi connectivity index (χ3v) is 6.56. The van der Waals surface area contributed by atoms with Crippen LogP contribution in [0.5, 0.6) is 0 Å². The van der Waals surface area contributed by atoms with E-state index in [1.54, 1.807) is 23.5 Å². The van der Waals surface area contributed by atoms with Gasteiger partial charge in [-0.1, -0.05) is 18.2 Å². The summed E-state index contributed by atoms with van der Waals surface area (Å²) in [5.41, 5.74) is 4.74. The van der Waals surface area contributed by atoms with Crippen LogP contribution < -0.4 is 5.32 Å². The standard InChI is InChI=1S/C24H23FN4OS/c1-16-4-2-3-5-21(16)26-23(30)28(19-10-11-19)13-12-20-15-31-24-27-22(14-29(20)24)17-6-8-18(25)9-7-17/h2-9,14-15,19H,10-13H2,1H3,(H,26,30). The Morgan fingerprint density at radius 2 is 2.00 bits per heavy atom. The summed E-state index contributed by atoms with van der Waals surface area (Å²) in [7, 11) is 0. The predicted molar refractivity (Wildman–Crippen MR) is 122 cm³/mol. The van der Waals surface area contributed by atoms with Crippen LogP contribution in [0.15, 0.2) is 60.1 Å². The molecule has 1 aliphatic rings. The summed E-state index contributed by atoms with van der Waals surface area (Å²) in [5, 5.41) is 5.17. The first kappa shape index (κ1) is 19.8. The lowest BCUT2D eigenvalue weighted by molar-refractivity contribution is 0.209. The lowest BCUT2D eigenvalue weighted by atomic mass is 10.2. The molecule has 1 aliphatic carbocycles. The zero-order valence-electron chi connectivity index (χ0n) is 17.2. The smallest absolute Gasteiger partial charge is 0.321 e. The molecule has 1 fully saturated rings. The van der Waals surface area contributed by atoms with Gasteiger partial charge in [-0.15, -0.1) is 11.3 Å². The highest BCUT2D eigenvalue weighted by atomic mass is 32.1. The van der Waals surface area contributed by atoms with Crippen LogP contribution in [-0.2, 0) is 6.42 Å². The van der Waals surface area contributed by atoms with E-state index in [2.05, 4.69) is 20.1 Å². The van der Waals surface area contributed by atoms with Gasteiger partial charge in [-0.05, 0) is 55.7 Å². The van der Waals surface area contributed by atoms with Gasteiger partial charge in [0.25, 0.3) is 0 Å². The number of anilines is 1. The summed E-state index contributed by atoms with van der Waals surface area (Å²) in [4.78, 5) is 20.5. The van der Waals surface area contributed by atoms with Gasteiger partial charge in [0.2, 0.25) is 0 Å². The fourth-order valence-electron chi connectivity index (χ4n) is 3.74. The number of hydrogen-bond acceptors (Lipinski definition) is 3. The second kappa shape index (κ2) is 8.15. The van der Waals surface area contributed by atoms with Crippen molar-refractivity contribution in [2.75, 3.05) is 11.9 Å². The summed E-state index contributed by atoms with van der Waals surface area (Å²) < 4.78 is 15.3. The Labute approximate surface area is 184 Å². The number of amides is 2. The first-order valence-corrected chi connectivity index (χ1v) is 11.3. The normalized spacial score (nSPS) is 13.5. The maximum atomic E-state index is 13.2. The zero-order chi connectivity index (χ0) is 21.4. The molecule has 31 heavy (non-hydrogen) atoms. The molecule has 0 aliphatic heterocycles. The predicted octanol–water partition coefficient (Wildman–Crippen LogP) is 5.75. The number of aryl methyl sites for hydroxylation is 1. The van der Waals surface area contributed by atoms with Gasteiger partial charge < -0.3 is 10.2 Å². The zero-order valence-corrected chi connectivity index (χ0v) is 18.0. The van der Waals surface area contributed by atoms with Crippen molar-refractivity contribution < 1.29 is 9.18 Å². The van der Waals surface area contributed by atoms with Crippen molar-refractivity contribution >= 4 is 28.0 Å². The average Bonchev–Trinajstić information content (AvgIpc) is 3.39. The van der Waals surface area contributed by atoms with E-state index in [4.69, 9.17) is 0 Å². The lowest BCUT2D eigenvalue weighted by Crippen LogP contribution is -2.38. The van der Waals surface area contributed by atoms with Crippen LogP contribution in [0.1, 0.15) is 24.1 Å². The van der Waals surface area contributed by atoms with Crippen LogP contribution in [0, 0.1) is 12.7 Å². The van der Waals surface area contributed by atoms with Crippen molar-refractivity contribution in [2.45, 2.75) is 32.2 Å². The number of urea groups is 1. The molecule has 1 N–H and O–H groups in total. The highest BCUT2D eigenvalue weighted by Gasteiger charge is 2.32. The minimum Gasteiger partial charge on any atom is -0.321 e. The van der Waals surface area contributed by atoms with E-state index >= 15 is 0 Å². The van der Waals surface area contributed by atoms with Crippen LogP contribution >= 0.6 is 11.3 Å². The second-order valence-electron chi connectivity index (χ2n) is 7.93. The van der Waals surface area contributed by atoms with Crippen LogP contribution in [0.4, 0.5) is 14.9 Å². The Kier molecular flexibility index (Phi) is 5.19. The van der Waals surface area contributed by atoms with Gasteiger partial charge in [0, 0.05) is 47.5 Å². The van der Waals surface area contributed by atoms with Crippen molar-refractivity contribution in [1.82, 2.24) is 14.3 Å². The maximum absolute atomic E-state index is 13.2. The van der Waals surface area contributed by atoms with Crippen molar-refractivity contribution in [1.29, 1.82) is 0 Å². The molecule has 0 bridgehead atoms. The number of carbonyl (C=O) groups excluding carboxylic acids is 1. The summed E-state index contributed by atoms with van der Waals surface area (Å²) in [6, 6.07) is 14.5. The van der Waals surface area contributed by atoms with Crippen molar-refractivity contribution in [3.63, 3.8) is 0 Å².